The molecule has 0 fully saturated rings. The van der Waals surface area contributed by atoms with E-state index in [-0.39, 0.29) is 0 Å². The van der Waals surface area contributed by atoms with Gasteiger partial charge in [0.1, 0.15) is 0 Å². The normalized spacial score (nSPS) is 10.1. The summed E-state index contributed by atoms with van der Waals surface area (Å²) in [5.41, 5.74) is 2.72. The molecule has 0 heteroatoms. The molecule has 0 radical (unpaired) electrons. The molecule has 0 aliphatic carbocycles. The SMILES string of the molecule is C[C-](CC[C-](C)c1ccccc1)c1ccccc1. The largest absolute Gasteiger partial charge is 0.189 e. The van der Waals surface area contributed by atoms with E-state index in [4.69, 9.17) is 0 Å². The molecule has 94 valence electrons. The van der Waals surface area contributed by atoms with E-state index in [1.54, 1.807) is 0 Å². The van der Waals surface area contributed by atoms with Gasteiger partial charge in [-0.2, -0.15) is 47.2 Å². The van der Waals surface area contributed by atoms with E-state index >= 15 is 0 Å². The monoisotopic (exact) mass is 236 g/mol. The van der Waals surface area contributed by atoms with Crippen LogP contribution in [0.2, 0.25) is 0 Å². The lowest BCUT2D eigenvalue weighted by molar-refractivity contribution is 0.790. The van der Waals surface area contributed by atoms with Gasteiger partial charge in [0.15, 0.2) is 0 Å². The average Bonchev–Trinajstić information content (AvgIpc) is 2.46. The molecule has 0 spiro atoms. The Morgan fingerprint density at radius 2 is 0.944 bits per heavy atom. The average molecular weight is 236 g/mol. The van der Waals surface area contributed by atoms with Crippen molar-refractivity contribution in [1.29, 1.82) is 0 Å². The van der Waals surface area contributed by atoms with Gasteiger partial charge in [-0.15, -0.1) is 24.3 Å². The molecular weight excluding hydrogens is 216 g/mol. The third kappa shape index (κ3) is 3.33. The molecule has 0 nitrogen and oxygen atoms in total. The fourth-order valence-electron chi connectivity index (χ4n) is 2.11. The zero-order chi connectivity index (χ0) is 12.8. The lowest BCUT2D eigenvalue weighted by Gasteiger charge is -2.26. The highest BCUT2D eigenvalue weighted by molar-refractivity contribution is 5.32. The van der Waals surface area contributed by atoms with Crippen LogP contribution in [0.15, 0.2) is 60.7 Å². The second-order valence-corrected chi connectivity index (χ2v) is 4.79. The van der Waals surface area contributed by atoms with Crippen molar-refractivity contribution >= 4 is 0 Å². The minimum absolute atomic E-state index is 1.13. The van der Waals surface area contributed by atoms with Crippen LogP contribution >= 0.6 is 0 Å². The highest BCUT2D eigenvalue weighted by Gasteiger charge is 1.99. The van der Waals surface area contributed by atoms with Crippen molar-refractivity contribution in [3.05, 3.63) is 83.6 Å². The van der Waals surface area contributed by atoms with E-state index in [1.807, 2.05) is 0 Å². The molecule has 0 saturated heterocycles. The van der Waals surface area contributed by atoms with Crippen LogP contribution in [0, 0.1) is 11.8 Å². The smallest absolute Gasteiger partial charge is 0.0840 e. The van der Waals surface area contributed by atoms with E-state index in [1.165, 1.54) is 23.0 Å². The predicted molar refractivity (Wildman–Crippen MR) is 78.2 cm³/mol. The first-order chi connectivity index (χ1) is 8.77. The van der Waals surface area contributed by atoms with E-state index < -0.39 is 0 Å². The van der Waals surface area contributed by atoms with Crippen molar-refractivity contribution in [3.8, 4) is 0 Å². The van der Waals surface area contributed by atoms with Crippen LogP contribution in [-0.4, -0.2) is 0 Å². The molecule has 0 bridgehead atoms. The van der Waals surface area contributed by atoms with Crippen molar-refractivity contribution in [1.82, 2.24) is 0 Å². The molecule has 0 aromatic heterocycles. The Balaban J connectivity index is 1.89. The van der Waals surface area contributed by atoms with Gasteiger partial charge in [0.05, 0.1) is 0 Å². The fraction of sp³-hybridized carbons (Fsp3) is 0.222. The third-order valence-corrected chi connectivity index (χ3v) is 3.41. The van der Waals surface area contributed by atoms with Gasteiger partial charge in [-0.1, -0.05) is 38.8 Å². The van der Waals surface area contributed by atoms with Crippen LogP contribution in [0.1, 0.15) is 37.8 Å². The summed E-state index contributed by atoms with van der Waals surface area (Å²) in [7, 11) is 0. The summed E-state index contributed by atoms with van der Waals surface area (Å²) in [4.78, 5) is 0. The van der Waals surface area contributed by atoms with Gasteiger partial charge in [0.25, 0.3) is 0 Å². The number of benzene rings is 2. The van der Waals surface area contributed by atoms with Gasteiger partial charge in [-0.3, -0.25) is 0 Å². The number of rotatable bonds is 5. The van der Waals surface area contributed by atoms with Gasteiger partial charge in [-0.25, -0.2) is 0 Å². The van der Waals surface area contributed by atoms with Crippen molar-refractivity contribution in [3.63, 3.8) is 0 Å². The summed E-state index contributed by atoms with van der Waals surface area (Å²) in [5, 5.41) is 0. The molecule has 18 heavy (non-hydrogen) atoms. The van der Waals surface area contributed by atoms with E-state index in [0.29, 0.717) is 0 Å². The molecule has 0 heterocycles. The Morgan fingerprint density at radius 3 is 1.28 bits per heavy atom. The van der Waals surface area contributed by atoms with Gasteiger partial charge in [-0.05, 0) is 0 Å². The van der Waals surface area contributed by atoms with Crippen LogP contribution in [0.5, 0.6) is 0 Å². The van der Waals surface area contributed by atoms with Crippen molar-refractivity contribution in [2.75, 3.05) is 0 Å². The van der Waals surface area contributed by atoms with Gasteiger partial charge in [0, 0.05) is 0 Å². The summed E-state index contributed by atoms with van der Waals surface area (Å²) in [5.74, 6) is 2.93. The lowest BCUT2D eigenvalue weighted by Crippen LogP contribution is -2.00. The summed E-state index contributed by atoms with van der Waals surface area (Å²) in [6, 6.07) is 21.3. The Hall–Kier alpha value is -1.82. The van der Waals surface area contributed by atoms with Gasteiger partial charge >= 0.3 is 0 Å². The number of hydrogen-bond donors (Lipinski definition) is 0. The molecule has 0 aliphatic rings. The lowest BCUT2D eigenvalue weighted by atomic mass is 9.89. The van der Waals surface area contributed by atoms with Crippen LogP contribution < -0.4 is 0 Å². The predicted octanol–water partition coefficient (Wildman–Crippen LogP) is 5.05. The summed E-state index contributed by atoms with van der Waals surface area (Å²) in [6.07, 6.45) is 2.26. The molecule has 2 aromatic carbocycles. The first kappa shape index (κ1) is 12.6. The Labute approximate surface area is 111 Å². The Bertz CT molecular complexity index is 398. The summed E-state index contributed by atoms with van der Waals surface area (Å²) >= 11 is 0. The molecule has 2 aromatic rings. The fourth-order valence-corrected chi connectivity index (χ4v) is 2.11. The van der Waals surface area contributed by atoms with E-state index in [0.717, 1.165) is 12.8 Å². The molecule has 0 unspecified atom stereocenters. The maximum absolute atomic E-state index is 2.23. The summed E-state index contributed by atoms with van der Waals surface area (Å²) in [6.45, 7) is 4.46. The second-order valence-electron chi connectivity index (χ2n) is 4.79. The quantitative estimate of drug-likeness (QED) is 0.637. The maximum Gasteiger partial charge on any atom is -0.0840 e. The van der Waals surface area contributed by atoms with E-state index in [2.05, 4.69) is 74.5 Å². The van der Waals surface area contributed by atoms with Gasteiger partial charge < -0.3 is 0 Å². The standard InChI is InChI=1S/C18H20/c1-15(17-9-5-3-6-10-17)13-14-16(2)18-11-7-4-8-12-18/h3-12H,13-14H2,1-2H3/q-2. The first-order valence-electron chi connectivity index (χ1n) is 6.53. The van der Waals surface area contributed by atoms with Crippen LogP contribution in [0.4, 0.5) is 0 Å². The molecular formula is C18H20-2. The topological polar surface area (TPSA) is 0 Å². The molecule has 0 saturated carbocycles. The zero-order valence-corrected chi connectivity index (χ0v) is 11.2. The second kappa shape index (κ2) is 6.20. The molecule has 0 aliphatic heterocycles. The zero-order valence-electron chi connectivity index (χ0n) is 11.2. The van der Waals surface area contributed by atoms with Crippen LogP contribution in [-0.2, 0) is 0 Å². The van der Waals surface area contributed by atoms with Crippen LogP contribution in [0.3, 0.4) is 0 Å². The van der Waals surface area contributed by atoms with Gasteiger partial charge in [0.2, 0.25) is 0 Å². The Kier molecular flexibility index (Phi) is 4.35. The highest BCUT2D eigenvalue weighted by atomic mass is 14.1. The molecule has 2 rings (SSSR count). The molecule has 0 atom stereocenters. The Morgan fingerprint density at radius 1 is 0.611 bits per heavy atom. The first-order valence-corrected chi connectivity index (χ1v) is 6.53. The highest BCUT2D eigenvalue weighted by Crippen LogP contribution is 2.25. The van der Waals surface area contributed by atoms with Crippen LogP contribution in [0.25, 0.3) is 0 Å². The molecule has 0 N–H and O–H groups in total. The van der Waals surface area contributed by atoms with E-state index in [9.17, 15) is 0 Å². The minimum atomic E-state index is 1.13. The third-order valence-electron chi connectivity index (χ3n) is 3.41. The number of hydrogen-bond acceptors (Lipinski definition) is 0. The summed E-state index contributed by atoms with van der Waals surface area (Å²) < 4.78 is 0. The maximum atomic E-state index is 2.23. The molecule has 0 amide bonds. The minimum Gasteiger partial charge on any atom is -0.189 e. The van der Waals surface area contributed by atoms with Crippen molar-refractivity contribution in [2.45, 2.75) is 26.7 Å². The van der Waals surface area contributed by atoms with Crippen molar-refractivity contribution in [2.24, 2.45) is 0 Å². The van der Waals surface area contributed by atoms with Crippen molar-refractivity contribution < 1.29 is 0 Å².